The quantitative estimate of drug-likeness (QED) is 0.781. The van der Waals surface area contributed by atoms with Crippen LogP contribution in [0.1, 0.15) is 45.2 Å². The molecule has 1 aromatic rings. The highest BCUT2D eigenvalue weighted by Crippen LogP contribution is 2.20. The summed E-state index contributed by atoms with van der Waals surface area (Å²) in [5, 5.41) is 4.39. The largest absolute Gasteiger partial charge is 0.325 e. The van der Waals surface area contributed by atoms with Gasteiger partial charge in [0.1, 0.15) is 0 Å². The number of hydrogen-bond donors (Lipinski definition) is 1. The summed E-state index contributed by atoms with van der Waals surface area (Å²) < 4.78 is 1.84. The maximum atomic E-state index is 6.38. The van der Waals surface area contributed by atoms with Crippen LogP contribution >= 0.6 is 0 Å². The molecule has 1 aromatic heterocycles. The van der Waals surface area contributed by atoms with Crippen molar-refractivity contribution < 1.29 is 0 Å². The maximum absolute atomic E-state index is 6.38. The van der Waals surface area contributed by atoms with Crippen LogP contribution in [0.5, 0.6) is 0 Å². The molecule has 1 unspecified atom stereocenters. The van der Waals surface area contributed by atoms with Crippen molar-refractivity contribution in [2.45, 2.75) is 51.5 Å². The minimum absolute atomic E-state index is 0.0651. The van der Waals surface area contributed by atoms with E-state index >= 15 is 0 Å². The van der Waals surface area contributed by atoms with E-state index in [1.807, 2.05) is 17.9 Å². The number of nitrogens with zero attached hydrogens (tertiary/aromatic N) is 2. The Morgan fingerprint density at radius 2 is 2.20 bits per heavy atom. The summed E-state index contributed by atoms with van der Waals surface area (Å²) in [5.74, 6) is 0. The van der Waals surface area contributed by atoms with Crippen molar-refractivity contribution in [2.24, 2.45) is 12.8 Å². The molecule has 0 saturated heterocycles. The maximum Gasteiger partial charge on any atom is 0.0642 e. The standard InChI is InChI=1S/C12H23N3/c1-4-6-8-12(13,5-2)10-11-7-9-15(3)14-11/h7,9H,4-6,8,10,13H2,1-3H3. The van der Waals surface area contributed by atoms with E-state index in [0.29, 0.717) is 0 Å². The third kappa shape index (κ3) is 3.67. The predicted molar refractivity (Wildman–Crippen MR) is 63.6 cm³/mol. The average molecular weight is 209 g/mol. The van der Waals surface area contributed by atoms with E-state index in [1.54, 1.807) is 0 Å². The third-order valence-electron chi connectivity index (χ3n) is 3.03. The van der Waals surface area contributed by atoms with Crippen molar-refractivity contribution in [2.75, 3.05) is 0 Å². The molecular weight excluding hydrogens is 186 g/mol. The molecule has 0 aliphatic carbocycles. The molecule has 0 spiro atoms. The zero-order chi connectivity index (χ0) is 11.3. The number of hydrogen-bond acceptors (Lipinski definition) is 2. The molecule has 1 heterocycles. The van der Waals surface area contributed by atoms with Crippen molar-refractivity contribution in [1.29, 1.82) is 0 Å². The van der Waals surface area contributed by atoms with Crippen LogP contribution < -0.4 is 5.73 Å². The van der Waals surface area contributed by atoms with Crippen LogP contribution in [0, 0.1) is 0 Å². The van der Waals surface area contributed by atoms with Gasteiger partial charge in [-0.3, -0.25) is 4.68 Å². The van der Waals surface area contributed by atoms with E-state index in [1.165, 1.54) is 12.8 Å². The first-order valence-corrected chi connectivity index (χ1v) is 5.87. The van der Waals surface area contributed by atoms with Gasteiger partial charge in [0.05, 0.1) is 5.69 Å². The molecular formula is C12H23N3. The summed E-state index contributed by atoms with van der Waals surface area (Å²) in [5.41, 5.74) is 7.42. The van der Waals surface area contributed by atoms with Gasteiger partial charge in [-0.25, -0.2) is 0 Å². The molecule has 86 valence electrons. The fourth-order valence-electron chi connectivity index (χ4n) is 1.84. The molecule has 3 heteroatoms. The molecule has 15 heavy (non-hydrogen) atoms. The fraction of sp³-hybridized carbons (Fsp3) is 0.750. The van der Waals surface area contributed by atoms with Crippen molar-refractivity contribution in [3.8, 4) is 0 Å². The van der Waals surface area contributed by atoms with Gasteiger partial charge in [-0.15, -0.1) is 0 Å². The van der Waals surface area contributed by atoms with Gasteiger partial charge in [-0.2, -0.15) is 5.10 Å². The Kier molecular flexibility index (Phi) is 4.33. The van der Waals surface area contributed by atoms with Gasteiger partial charge in [0, 0.05) is 25.2 Å². The van der Waals surface area contributed by atoms with Crippen LogP contribution in [-0.4, -0.2) is 15.3 Å². The summed E-state index contributed by atoms with van der Waals surface area (Å²) in [6.07, 6.45) is 7.40. The van der Waals surface area contributed by atoms with Crippen molar-refractivity contribution in [1.82, 2.24) is 9.78 Å². The van der Waals surface area contributed by atoms with Gasteiger partial charge in [0.25, 0.3) is 0 Å². The SMILES string of the molecule is CCCCC(N)(CC)Cc1ccn(C)n1. The van der Waals surface area contributed by atoms with Crippen LogP contribution in [0.3, 0.4) is 0 Å². The van der Waals surface area contributed by atoms with E-state index < -0.39 is 0 Å². The second-order valence-corrected chi connectivity index (χ2v) is 4.48. The van der Waals surface area contributed by atoms with Crippen molar-refractivity contribution in [3.05, 3.63) is 18.0 Å². The lowest BCUT2D eigenvalue weighted by molar-refractivity contribution is 0.361. The Labute approximate surface area is 92.7 Å². The van der Waals surface area contributed by atoms with E-state index in [4.69, 9.17) is 5.73 Å². The van der Waals surface area contributed by atoms with Crippen LogP contribution in [0.15, 0.2) is 12.3 Å². The molecule has 0 aliphatic rings. The first-order chi connectivity index (χ1) is 7.09. The van der Waals surface area contributed by atoms with E-state index in [2.05, 4.69) is 25.0 Å². The molecule has 1 rings (SSSR count). The zero-order valence-electron chi connectivity index (χ0n) is 10.2. The zero-order valence-corrected chi connectivity index (χ0v) is 10.2. The molecule has 0 amide bonds. The smallest absolute Gasteiger partial charge is 0.0642 e. The molecule has 3 nitrogen and oxygen atoms in total. The molecule has 2 N–H and O–H groups in total. The van der Waals surface area contributed by atoms with Gasteiger partial charge in [-0.1, -0.05) is 26.7 Å². The Morgan fingerprint density at radius 3 is 2.67 bits per heavy atom. The number of unbranched alkanes of at least 4 members (excludes halogenated alkanes) is 1. The molecule has 0 saturated carbocycles. The van der Waals surface area contributed by atoms with Crippen LogP contribution in [0.2, 0.25) is 0 Å². The van der Waals surface area contributed by atoms with E-state index in [-0.39, 0.29) is 5.54 Å². The van der Waals surface area contributed by atoms with Gasteiger partial charge in [-0.05, 0) is 18.9 Å². The summed E-state index contributed by atoms with van der Waals surface area (Å²) in [7, 11) is 1.94. The topological polar surface area (TPSA) is 43.8 Å². The minimum atomic E-state index is -0.0651. The predicted octanol–water partition coefficient (Wildman–Crippen LogP) is 2.26. The first-order valence-electron chi connectivity index (χ1n) is 5.87. The van der Waals surface area contributed by atoms with Crippen molar-refractivity contribution >= 4 is 0 Å². The molecule has 0 radical (unpaired) electrons. The Bertz CT molecular complexity index is 293. The molecule has 1 atom stereocenters. The lowest BCUT2D eigenvalue weighted by Crippen LogP contribution is -2.41. The monoisotopic (exact) mass is 209 g/mol. The van der Waals surface area contributed by atoms with Gasteiger partial charge >= 0.3 is 0 Å². The lowest BCUT2D eigenvalue weighted by atomic mass is 9.86. The van der Waals surface area contributed by atoms with E-state index in [0.717, 1.165) is 25.0 Å². The van der Waals surface area contributed by atoms with Crippen LogP contribution in [0.4, 0.5) is 0 Å². The summed E-state index contributed by atoms with van der Waals surface area (Å²) in [6.45, 7) is 4.37. The van der Waals surface area contributed by atoms with E-state index in [9.17, 15) is 0 Å². The van der Waals surface area contributed by atoms with Gasteiger partial charge in [0.15, 0.2) is 0 Å². The molecule has 0 fully saturated rings. The number of rotatable bonds is 6. The number of aromatic nitrogens is 2. The van der Waals surface area contributed by atoms with Gasteiger partial charge in [0.2, 0.25) is 0 Å². The average Bonchev–Trinajstić information content (AvgIpc) is 2.61. The van der Waals surface area contributed by atoms with Crippen LogP contribution in [-0.2, 0) is 13.5 Å². The molecule has 0 bridgehead atoms. The van der Waals surface area contributed by atoms with Crippen LogP contribution in [0.25, 0.3) is 0 Å². The number of aryl methyl sites for hydroxylation is 1. The summed E-state index contributed by atoms with van der Waals surface area (Å²) in [6, 6.07) is 2.06. The lowest BCUT2D eigenvalue weighted by Gasteiger charge is -2.27. The molecule has 0 aromatic carbocycles. The second kappa shape index (κ2) is 5.31. The van der Waals surface area contributed by atoms with Crippen molar-refractivity contribution in [3.63, 3.8) is 0 Å². The van der Waals surface area contributed by atoms with Gasteiger partial charge < -0.3 is 5.73 Å². The second-order valence-electron chi connectivity index (χ2n) is 4.48. The third-order valence-corrected chi connectivity index (χ3v) is 3.03. The Balaban J connectivity index is 2.59. The first kappa shape index (κ1) is 12.2. The Morgan fingerprint density at radius 1 is 1.47 bits per heavy atom. The number of nitrogens with two attached hydrogens (primary N) is 1. The highest BCUT2D eigenvalue weighted by atomic mass is 15.2. The normalized spacial score (nSPS) is 15.2. The molecule has 0 aliphatic heterocycles. The summed E-state index contributed by atoms with van der Waals surface area (Å²) in [4.78, 5) is 0. The highest BCUT2D eigenvalue weighted by Gasteiger charge is 2.23. The minimum Gasteiger partial charge on any atom is -0.325 e. The summed E-state index contributed by atoms with van der Waals surface area (Å²) >= 11 is 0. The fourth-order valence-corrected chi connectivity index (χ4v) is 1.84. The highest BCUT2D eigenvalue weighted by molar-refractivity contribution is 5.05. The Hall–Kier alpha value is -0.830.